The van der Waals surface area contributed by atoms with Crippen LogP contribution in [0.4, 0.5) is 10.8 Å². The summed E-state index contributed by atoms with van der Waals surface area (Å²) >= 11 is 2.47. The van der Waals surface area contributed by atoms with Crippen LogP contribution in [0.5, 0.6) is 0 Å². The van der Waals surface area contributed by atoms with Crippen LogP contribution in [0.2, 0.25) is 0 Å². The Kier molecular flexibility index (Phi) is 6.38. The van der Waals surface area contributed by atoms with E-state index in [0.29, 0.717) is 21.6 Å². The molecular formula is C18H13N5O4S2. The number of nitro benzene ring substituents is 1. The molecule has 3 rings (SSSR count). The molecule has 2 aromatic heterocycles. The standard InChI is InChI=1S/C18H13N5O4S2/c1-2-28-18-21-17(29-22-18)20-16(24)12(10-19)9-14-6-7-15(27-14)11-4-3-5-13(8-11)23(25)26/h3-9H,2H2,1H3,(H,20,21,22,24)/b12-9-. The van der Waals surface area contributed by atoms with Gasteiger partial charge in [0.15, 0.2) is 0 Å². The number of thioether (sulfide) groups is 1. The first-order valence-corrected chi connectivity index (χ1v) is 10.0. The monoisotopic (exact) mass is 427 g/mol. The molecule has 0 bridgehead atoms. The quantitative estimate of drug-likeness (QED) is 0.193. The maximum atomic E-state index is 12.3. The molecule has 0 aliphatic carbocycles. The minimum Gasteiger partial charge on any atom is -0.457 e. The highest BCUT2D eigenvalue weighted by molar-refractivity contribution is 7.99. The second kappa shape index (κ2) is 9.13. The molecule has 1 N–H and O–H groups in total. The molecule has 0 radical (unpaired) electrons. The van der Waals surface area contributed by atoms with Crippen LogP contribution >= 0.6 is 23.3 Å². The summed E-state index contributed by atoms with van der Waals surface area (Å²) in [6.07, 6.45) is 1.29. The van der Waals surface area contributed by atoms with Gasteiger partial charge in [0.25, 0.3) is 11.6 Å². The smallest absolute Gasteiger partial charge is 0.270 e. The summed E-state index contributed by atoms with van der Waals surface area (Å²) in [5, 5.41) is 23.6. The number of non-ortho nitro benzene ring substituents is 1. The van der Waals surface area contributed by atoms with Crippen molar-refractivity contribution in [2.45, 2.75) is 12.1 Å². The number of benzene rings is 1. The number of furan rings is 1. The van der Waals surface area contributed by atoms with Crippen molar-refractivity contribution in [1.29, 1.82) is 5.26 Å². The van der Waals surface area contributed by atoms with Crippen molar-refractivity contribution in [3.05, 3.63) is 57.8 Å². The predicted octanol–water partition coefficient (Wildman–Crippen LogP) is 4.36. The Hall–Kier alpha value is -3.49. The van der Waals surface area contributed by atoms with Gasteiger partial charge in [-0.1, -0.05) is 30.8 Å². The van der Waals surface area contributed by atoms with Gasteiger partial charge in [0, 0.05) is 35.3 Å². The van der Waals surface area contributed by atoms with E-state index < -0.39 is 10.8 Å². The van der Waals surface area contributed by atoms with Crippen LogP contribution < -0.4 is 5.32 Å². The average molecular weight is 427 g/mol. The number of anilines is 1. The summed E-state index contributed by atoms with van der Waals surface area (Å²) in [5.41, 5.74) is 0.271. The highest BCUT2D eigenvalue weighted by atomic mass is 32.2. The van der Waals surface area contributed by atoms with Gasteiger partial charge in [-0.05, 0) is 17.9 Å². The topological polar surface area (TPSA) is 135 Å². The Morgan fingerprint density at radius 3 is 3.00 bits per heavy atom. The van der Waals surface area contributed by atoms with E-state index in [4.69, 9.17) is 4.42 Å². The third kappa shape index (κ3) is 5.07. The average Bonchev–Trinajstić information content (AvgIpc) is 3.36. The lowest BCUT2D eigenvalue weighted by Gasteiger charge is -1.99. The minimum absolute atomic E-state index is 0.0641. The van der Waals surface area contributed by atoms with Crippen LogP contribution in [0.25, 0.3) is 17.4 Å². The van der Waals surface area contributed by atoms with Crippen molar-refractivity contribution in [1.82, 2.24) is 9.36 Å². The van der Waals surface area contributed by atoms with E-state index >= 15 is 0 Å². The molecule has 146 valence electrons. The molecule has 0 spiro atoms. The van der Waals surface area contributed by atoms with Crippen molar-refractivity contribution in [2.75, 3.05) is 11.1 Å². The third-order valence-electron chi connectivity index (χ3n) is 3.52. The molecule has 0 aliphatic heterocycles. The zero-order valence-corrected chi connectivity index (χ0v) is 16.6. The molecule has 1 amide bonds. The molecule has 0 fully saturated rings. The van der Waals surface area contributed by atoms with E-state index in [1.54, 1.807) is 24.3 Å². The molecule has 3 aromatic rings. The van der Waals surface area contributed by atoms with Gasteiger partial charge in [0.1, 0.15) is 23.2 Å². The first-order valence-electron chi connectivity index (χ1n) is 8.24. The number of carbonyl (C=O) groups excluding carboxylic acids is 1. The summed E-state index contributed by atoms with van der Waals surface area (Å²) in [6.45, 7) is 1.96. The lowest BCUT2D eigenvalue weighted by Crippen LogP contribution is -2.13. The molecule has 0 unspecified atom stereocenters. The largest absolute Gasteiger partial charge is 0.457 e. The molecule has 0 saturated heterocycles. The van der Waals surface area contributed by atoms with Gasteiger partial charge < -0.3 is 4.42 Å². The summed E-state index contributed by atoms with van der Waals surface area (Å²) in [6, 6.07) is 11.0. The van der Waals surface area contributed by atoms with Gasteiger partial charge in [0.2, 0.25) is 10.3 Å². The number of nitrogens with one attached hydrogen (secondary N) is 1. The molecule has 1 aromatic carbocycles. The number of hydrogen-bond acceptors (Lipinski definition) is 9. The van der Waals surface area contributed by atoms with Crippen molar-refractivity contribution in [3.8, 4) is 17.4 Å². The zero-order chi connectivity index (χ0) is 20.8. The van der Waals surface area contributed by atoms with E-state index in [-0.39, 0.29) is 17.0 Å². The lowest BCUT2D eigenvalue weighted by molar-refractivity contribution is -0.384. The summed E-state index contributed by atoms with van der Waals surface area (Å²) in [7, 11) is 0. The second-order valence-corrected chi connectivity index (χ2v) is 7.43. The molecule has 11 heteroatoms. The van der Waals surface area contributed by atoms with Crippen LogP contribution in [0.1, 0.15) is 12.7 Å². The SMILES string of the molecule is CCSc1nsc(NC(=O)/C(C#N)=C\c2ccc(-c3cccc([N+](=O)[O-])c3)o2)n1. The molecular weight excluding hydrogens is 414 g/mol. The molecule has 29 heavy (non-hydrogen) atoms. The maximum Gasteiger partial charge on any atom is 0.270 e. The third-order valence-corrected chi connectivity index (χ3v) is 5.00. The van der Waals surface area contributed by atoms with Crippen molar-refractivity contribution in [2.24, 2.45) is 0 Å². The second-order valence-electron chi connectivity index (χ2n) is 5.45. The van der Waals surface area contributed by atoms with Crippen molar-refractivity contribution >= 4 is 46.1 Å². The summed E-state index contributed by atoms with van der Waals surface area (Å²) in [4.78, 5) is 26.9. The molecule has 0 saturated carbocycles. The van der Waals surface area contributed by atoms with Gasteiger partial charge in [-0.2, -0.15) is 14.6 Å². The van der Waals surface area contributed by atoms with Crippen molar-refractivity contribution < 1.29 is 14.1 Å². The van der Waals surface area contributed by atoms with E-state index in [9.17, 15) is 20.2 Å². The maximum absolute atomic E-state index is 12.3. The van der Waals surface area contributed by atoms with Gasteiger partial charge >= 0.3 is 0 Å². The zero-order valence-electron chi connectivity index (χ0n) is 15.0. The summed E-state index contributed by atoms with van der Waals surface area (Å²) < 4.78 is 9.71. The first-order chi connectivity index (χ1) is 14.0. The number of aromatic nitrogens is 2. The number of carbonyl (C=O) groups is 1. The Balaban J connectivity index is 1.77. The van der Waals surface area contributed by atoms with Gasteiger partial charge in [-0.15, -0.1) is 0 Å². The van der Waals surface area contributed by atoms with Crippen LogP contribution in [0.3, 0.4) is 0 Å². The molecule has 2 heterocycles. The fourth-order valence-corrected chi connectivity index (χ4v) is 3.53. The minimum atomic E-state index is -0.634. The van der Waals surface area contributed by atoms with E-state index in [1.165, 1.54) is 30.0 Å². The van der Waals surface area contributed by atoms with Crippen LogP contribution in [0, 0.1) is 21.4 Å². The van der Waals surface area contributed by atoms with Crippen LogP contribution in [0.15, 0.2) is 51.5 Å². The summed E-state index contributed by atoms with van der Waals surface area (Å²) in [5.74, 6) is 0.810. The highest BCUT2D eigenvalue weighted by Crippen LogP contribution is 2.27. The number of hydrogen-bond donors (Lipinski definition) is 1. The van der Waals surface area contributed by atoms with E-state index in [0.717, 1.165) is 17.3 Å². The van der Waals surface area contributed by atoms with Crippen LogP contribution in [-0.4, -0.2) is 25.9 Å². The van der Waals surface area contributed by atoms with Crippen molar-refractivity contribution in [3.63, 3.8) is 0 Å². The Labute approximate surface area is 173 Å². The molecule has 0 atom stereocenters. The number of nitro groups is 1. The van der Waals surface area contributed by atoms with E-state index in [2.05, 4.69) is 14.7 Å². The number of nitrogens with zero attached hydrogens (tertiary/aromatic N) is 4. The van der Waals surface area contributed by atoms with Gasteiger partial charge in [-0.25, -0.2) is 0 Å². The van der Waals surface area contributed by atoms with Gasteiger partial charge in [-0.3, -0.25) is 20.2 Å². The predicted molar refractivity (Wildman–Crippen MR) is 109 cm³/mol. The normalized spacial score (nSPS) is 11.1. The fourth-order valence-electron chi connectivity index (χ4n) is 2.26. The van der Waals surface area contributed by atoms with Crippen LogP contribution in [-0.2, 0) is 4.79 Å². The van der Waals surface area contributed by atoms with Gasteiger partial charge in [0.05, 0.1) is 4.92 Å². The first kappa shape index (κ1) is 20.2. The highest BCUT2D eigenvalue weighted by Gasteiger charge is 2.15. The molecule has 9 nitrogen and oxygen atoms in total. The molecule has 0 aliphatic rings. The number of amides is 1. The lowest BCUT2D eigenvalue weighted by atomic mass is 10.1. The Morgan fingerprint density at radius 2 is 2.28 bits per heavy atom. The fraction of sp³-hybridized carbons (Fsp3) is 0.111. The van der Waals surface area contributed by atoms with E-state index in [1.807, 2.05) is 13.0 Å². The Morgan fingerprint density at radius 1 is 1.45 bits per heavy atom. The number of nitriles is 1. The Bertz CT molecular complexity index is 1130. The number of rotatable bonds is 7.